The second-order valence-electron chi connectivity index (χ2n) is 23.0. The van der Waals surface area contributed by atoms with Gasteiger partial charge in [0.25, 0.3) is 0 Å². The Morgan fingerprint density at radius 1 is 0.451 bits per heavy atom. The van der Waals surface area contributed by atoms with Crippen molar-refractivity contribution in [3.63, 3.8) is 0 Å². The van der Waals surface area contributed by atoms with Crippen LogP contribution >= 0.6 is 0 Å². The van der Waals surface area contributed by atoms with Crippen LogP contribution in [0.15, 0.2) is 128 Å². The topological polar surface area (TPSA) is 33.5 Å². The molecule has 1 aliphatic heterocycles. The first kappa shape index (κ1) is 57.3. The molecule has 8 aromatic carbocycles. The normalized spacial score (nSPS) is 12.9. The van der Waals surface area contributed by atoms with Crippen LogP contribution in [0.25, 0.3) is 61.0 Å². The summed E-state index contributed by atoms with van der Waals surface area (Å²) in [6.45, 7) is 18.5. The minimum atomic E-state index is -2.49. The molecule has 0 unspecified atom stereocenters. The Kier molecular flexibility index (Phi) is 14.6. The average Bonchev–Trinajstić information content (AvgIpc) is 1.95. The molecular weight excluding hydrogens is 1250 g/mol. The summed E-state index contributed by atoms with van der Waals surface area (Å²) in [5, 5.41) is 1.81. The largest absolute Gasteiger partial charge is 0.509 e. The Hall–Kier alpha value is -7.90. The number of aromatic nitrogens is 2. The molecule has 11 rings (SSSR count). The van der Waals surface area contributed by atoms with Gasteiger partial charge in [-0.25, -0.2) is 48.9 Å². The van der Waals surface area contributed by atoms with Gasteiger partial charge in [-0.15, -0.1) is 53.6 Å². The van der Waals surface area contributed by atoms with Crippen molar-refractivity contribution >= 4 is 44.6 Å². The Morgan fingerprint density at radius 3 is 1.51 bits per heavy atom. The number of anilines is 4. The summed E-state index contributed by atoms with van der Waals surface area (Å²) in [6.07, 6.45) is 1.77. The molecule has 0 bridgehead atoms. The molecule has 10 aromatic rings. The van der Waals surface area contributed by atoms with E-state index >= 15 is 35.1 Å². The van der Waals surface area contributed by atoms with Gasteiger partial charge in [0.1, 0.15) is 5.82 Å². The van der Waals surface area contributed by atoms with Gasteiger partial charge >= 0.3 is 0 Å². The number of fused-ring (bicyclic) bond motifs is 4. The molecule has 5 nitrogen and oxygen atoms in total. The van der Waals surface area contributed by atoms with Crippen molar-refractivity contribution < 1.29 is 69.7 Å². The Morgan fingerprint density at radius 2 is 0.963 bits per heavy atom. The van der Waals surface area contributed by atoms with Gasteiger partial charge in [-0.3, -0.25) is 0 Å². The predicted molar refractivity (Wildman–Crippen MR) is 296 cm³/mol. The third-order valence-electron chi connectivity index (χ3n) is 14.6. The van der Waals surface area contributed by atoms with Gasteiger partial charge in [0.2, 0.25) is 11.6 Å². The summed E-state index contributed by atoms with van der Waals surface area (Å²) in [6, 6.07) is 42.1. The zero-order chi connectivity index (χ0) is 57.9. The van der Waals surface area contributed by atoms with E-state index in [-0.39, 0.29) is 66.0 Å². The molecule has 0 amide bonds. The predicted octanol–water partition coefficient (Wildman–Crippen LogP) is 19.3. The molecule has 16 heteroatoms. The van der Waals surface area contributed by atoms with Gasteiger partial charge < -0.3 is 19.1 Å². The van der Waals surface area contributed by atoms with Crippen LogP contribution in [0.3, 0.4) is 0 Å². The van der Waals surface area contributed by atoms with Crippen LogP contribution in [0, 0.1) is 77.0 Å². The molecule has 422 valence electrons. The standard InChI is InChI=1S/C66H49F10N4O.Pt/c1-64(2,3)36-20-18-34(19-21-36)35-26-39(31-41(27-35)81-40-22-23-43-42-14-10-11-15-46(42)80(49(43)32-40)50-30-37(24-25-77-50)65(4,5)6)78-33-79(48-17-13-12-16-47(48)78)63-44(51-53(67)57(71)61(75)58(72)54(51)68)28-38(66(7,8)9)29-45(63)52-55(69)59(73)62(76)60(74)56(52)70;/h10-30,33H,1-9H3;/q-3;. The van der Waals surface area contributed by atoms with Crippen LogP contribution < -0.4 is 14.5 Å². The van der Waals surface area contributed by atoms with Crippen LogP contribution in [0.4, 0.5) is 66.7 Å². The van der Waals surface area contributed by atoms with Crippen molar-refractivity contribution in [2.75, 3.05) is 9.80 Å². The molecule has 0 atom stereocenters. The summed E-state index contributed by atoms with van der Waals surface area (Å²) >= 11 is 0. The van der Waals surface area contributed by atoms with E-state index in [9.17, 15) is 8.78 Å². The molecule has 0 saturated carbocycles. The number of ether oxygens (including phenoxy) is 1. The van der Waals surface area contributed by atoms with Gasteiger partial charge in [-0.05, 0) is 86.3 Å². The summed E-state index contributed by atoms with van der Waals surface area (Å²) in [7, 11) is 0. The number of hydrogen-bond donors (Lipinski definition) is 0. The quantitative estimate of drug-likeness (QED) is 0.0657. The molecular formula is C66H49F10N4OPt-3. The van der Waals surface area contributed by atoms with Crippen molar-refractivity contribution in [2.45, 2.75) is 78.6 Å². The first-order chi connectivity index (χ1) is 38.2. The van der Waals surface area contributed by atoms with Crippen LogP contribution in [-0.2, 0) is 37.3 Å². The number of halogens is 10. The van der Waals surface area contributed by atoms with Gasteiger partial charge in [0.15, 0.2) is 46.5 Å². The Balaban J connectivity index is 0.00000753. The molecule has 2 aromatic heterocycles. The maximum absolute atomic E-state index is 16.4. The van der Waals surface area contributed by atoms with Gasteiger partial charge in [-0.1, -0.05) is 122 Å². The number of pyridine rings is 1. The van der Waals surface area contributed by atoms with Crippen molar-refractivity contribution in [3.05, 3.63) is 221 Å². The third kappa shape index (κ3) is 9.77. The molecule has 0 spiro atoms. The smallest absolute Gasteiger partial charge is 0.200 e. The zero-order valence-corrected chi connectivity index (χ0v) is 47.8. The Labute approximate surface area is 481 Å². The number of nitrogens with zero attached hydrogens (tertiary/aromatic N) is 4. The van der Waals surface area contributed by atoms with Crippen LogP contribution in [0.2, 0.25) is 0 Å². The molecule has 0 N–H and O–H groups in total. The number of para-hydroxylation sites is 3. The van der Waals surface area contributed by atoms with E-state index in [1.54, 1.807) is 57.3 Å². The van der Waals surface area contributed by atoms with Crippen molar-refractivity contribution in [1.82, 2.24) is 9.55 Å². The number of rotatable bonds is 8. The molecule has 3 heterocycles. The monoisotopic (exact) mass is 1300 g/mol. The first-order valence-electron chi connectivity index (χ1n) is 25.8. The first-order valence-corrected chi connectivity index (χ1v) is 25.8. The molecule has 1 aliphatic rings. The second kappa shape index (κ2) is 20.8. The van der Waals surface area contributed by atoms with E-state index in [0.29, 0.717) is 16.9 Å². The summed E-state index contributed by atoms with van der Waals surface area (Å²) in [5.74, 6) is -22.6. The third-order valence-corrected chi connectivity index (χ3v) is 14.6. The molecule has 82 heavy (non-hydrogen) atoms. The fourth-order valence-electron chi connectivity index (χ4n) is 10.2. The van der Waals surface area contributed by atoms with E-state index in [1.807, 2.05) is 71.3 Å². The summed E-state index contributed by atoms with van der Waals surface area (Å²) in [5.41, 5.74) is -1.58. The van der Waals surface area contributed by atoms with E-state index in [1.165, 1.54) is 23.7 Å². The van der Waals surface area contributed by atoms with Crippen molar-refractivity contribution in [2.24, 2.45) is 0 Å². The zero-order valence-electron chi connectivity index (χ0n) is 45.5. The molecule has 0 radical (unpaired) electrons. The van der Waals surface area contributed by atoms with Crippen molar-refractivity contribution in [3.8, 4) is 50.7 Å². The maximum atomic E-state index is 16.4. The van der Waals surface area contributed by atoms with Crippen LogP contribution in [-0.4, -0.2) is 9.55 Å². The minimum absolute atomic E-state index is 0. The molecule has 0 aliphatic carbocycles. The average molecular weight is 1300 g/mol. The minimum Gasteiger partial charge on any atom is -0.509 e. The van der Waals surface area contributed by atoms with E-state index in [2.05, 4.69) is 53.7 Å². The van der Waals surface area contributed by atoms with Crippen LogP contribution in [0.5, 0.6) is 11.5 Å². The molecule has 0 saturated heterocycles. The van der Waals surface area contributed by atoms with Gasteiger partial charge in [0, 0.05) is 72.5 Å². The molecule has 0 fully saturated rings. The second-order valence-corrected chi connectivity index (χ2v) is 23.0. The fraction of sp³-hybridized carbons (Fsp3) is 0.182. The van der Waals surface area contributed by atoms with Gasteiger partial charge in [-0.2, -0.15) is 6.07 Å². The number of hydrogen-bond acceptors (Lipinski definition) is 4. The van der Waals surface area contributed by atoms with E-state index < -0.39 is 91.5 Å². The van der Waals surface area contributed by atoms with Crippen LogP contribution in [0.1, 0.15) is 79.0 Å². The van der Waals surface area contributed by atoms with E-state index in [0.717, 1.165) is 50.0 Å². The van der Waals surface area contributed by atoms with Gasteiger partial charge in [0.05, 0.1) is 11.1 Å². The summed E-state index contributed by atoms with van der Waals surface area (Å²) < 4.78 is 166. The SMILES string of the molecule is CC(C)(C)c1ccc(-c2cc(Oc3[c-]c4c(cc3)c3ccccc3n4-c3cc(C(C)(C)C)ccn3)[c-]c(N3[CH-]N(c4c(-c5c(F)c(F)c(F)c(F)c5F)cc(C(C)(C)C)cc4-c4c(F)c(F)c(F)c(F)c4F)c4ccccc43)c2)cc1.[Pt]. The Bertz CT molecular complexity index is 4070. The number of benzene rings is 8. The fourth-order valence-corrected chi connectivity index (χ4v) is 10.2. The van der Waals surface area contributed by atoms with Crippen molar-refractivity contribution in [1.29, 1.82) is 0 Å². The summed E-state index contributed by atoms with van der Waals surface area (Å²) in [4.78, 5) is 7.44. The maximum Gasteiger partial charge on any atom is 0.200 e. The van der Waals surface area contributed by atoms with E-state index in [4.69, 9.17) is 9.72 Å².